The van der Waals surface area contributed by atoms with E-state index in [9.17, 15) is 14.7 Å². The first-order valence-electron chi connectivity index (χ1n) is 11.8. The molecule has 2 aromatic carbocycles. The first-order valence-corrected chi connectivity index (χ1v) is 11.8. The van der Waals surface area contributed by atoms with Crippen LogP contribution < -0.4 is 5.32 Å². The third-order valence-electron chi connectivity index (χ3n) is 7.20. The molecule has 3 N–H and O–H groups in total. The molecule has 178 valence electrons. The van der Waals surface area contributed by atoms with Crippen molar-refractivity contribution in [1.82, 2.24) is 10.2 Å². The molecule has 2 aromatic rings. The second-order valence-electron chi connectivity index (χ2n) is 9.53. The largest absolute Gasteiger partial charge is 0.508 e. The third kappa shape index (κ3) is 6.81. The number of phenolic OH excluding ortho intramolecular Hbond substituents is 1. The summed E-state index contributed by atoms with van der Waals surface area (Å²) in [5, 5.41) is 21.6. The van der Waals surface area contributed by atoms with Gasteiger partial charge in [0.05, 0.1) is 6.42 Å². The average molecular weight is 453 g/mol. The minimum atomic E-state index is -0.910. The molecule has 0 bridgehead atoms. The van der Waals surface area contributed by atoms with Gasteiger partial charge in [0.15, 0.2) is 0 Å². The summed E-state index contributed by atoms with van der Waals surface area (Å²) in [7, 11) is 0. The monoisotopic (exact) mass is 452 g/mol. The molecule has 6 nitrogen and oxygen atoms in total. The minimum absolute atomic E-state index is 0.00683. The van der Waals surface area contributed by atoms with E-state index in [-0.39, 0.29) is 30.2 Å². The van der Waals surface area contributed by atoms with E-state index in [2.05, 4.69) is 30.1 Å². The summed E-state index contributed by atoms with van der Waals surface area (Å²) < 4.78 is 0. The number of piperidine rings is 1. The molecule has 1 amide bonds. The number of carboxylic acid groups (broad SMARTS) is 1. The van der Waals surface area contributed by atoms with Crippen molar-refractivity contribution in [2.24, 2.45) is 11.8 Å². The Morgan fingerprint density at radius 3 is 2.61 bits per heavy atom. The first-order chi connectivity index (χ1) is 15.8. The fourth-order valence-corrected chi connectivity index (χ4v) is 4.81. The van der Waals surface area contributed by atoms with Gasteiger partial charge < -0.3 is 20.4 Å². The van der Waals surface area contributed by atoms with Gasteiger partial charge >= 0.3 is 5.97 Å². The molecule has 0 radical (unpaired) electrons. The molecule has 0 aliphatic carbocycles. The van der Waals surface area contributed by atoms with Crippen molar-refractivity contribution in [3.8, 4) is 5.75 Å². The van der Waals surface area contributed by atoms with E-state index in [0.29, 0.717) is 18.1 Å². The number of carbonyl (C=O) groups excluding carboxylic acids is 1. The number of benzene rings is 2. The molecule has 0 saturated carbocycles. The van der Waals surface area contributed by atoms with E-state index in [0.717, 1.165) is 38.0 Å². The Morgan fingerprint density at radius 1 is 1.18 bits per heavy atom. The number of hydrogen-bond donors (Lipinski definition) is 3. The molecular formula is C27H36N2O4. The maximum Gasteiger partial charge on any atom is 0.305 e. The van der Waals surface area contributed by atoms with Gasteiger partial charge in [0, 0.05) is 19.0 Å². The SMILES string of the molecule is CC1CN(CCC(Cc2ccccc2)C(=O)NCCC(=O)O)CCC1(C)c1cccc(O)c1. The van der Waals surface area contributed by atoms with Gasteiger partial charge in [-0.3, -0.25) is 9.59 Å². The number of nitrogens with one attached hydrogen (secondary N) is 1. The molecule has 3 rings (SSSR count). The smallest absolute Gasteiger partial charge is 0.305 e. The molecule has 0 aromatic heterocycles. The molecule has 1 aliphatic rings. The summed E-state index contributed by atoms with van der Waals surface area (Å²) in [6.07, 6.45) is 2.29. The molecule has 1 fully saturated rings. The predicted molar refractivity (Wildman–Crippen MR) is 129 cm³/mol. The highest BCUT2D eigenvalue weighted by Crippen LogP contribution is 2.40. The number of likely N-dealkylation sites (tertiary alicyclic amines) is 1. The summed E-state index contributed by atoms with van der Waals surface area (Å²) in [6, 6.07) is 17.6. The highest BCUT2D eigenvalue weighted by Gasteiger charge is 2.38. The predicted octanol–water partition coefficient (Wildman–Crippen LogP) is 3.83. The lowest BCUT2D eigenvalue weighted by molar-refractivity contribution is -0.137. The number of amides is 1. The Bertz CT molecular complexity index is 933. The van der Waals surface area contributed by atoms with E-state index in [1.165, 1.54) is 5.56 Å². The number of aliphatic carboxylic acids is 1. The highest BCUT2D eigenvalue weighted by molar-refractivity contribution is 5.79. The van der Waals surface area contributed by atoms with Crippen LogP contribution in [0.25, 0.3) is 0 Å². The van der Waals surface area contributed by atoms with Crippen LogP contribution in [0.3, 0.4) is 0 Å². The average Bonchev–Trinajstić information content (AvgIpc) is 2.79. The second-order valence-corrected chi connectivity index (χ2v) is 9.53. The van der Waals surface area contributed by atoms with E-state index in [4.69, 9.17) is 5.11 Å². The number of nitrogens with zero attached hydrogens (tertiary/aromatic N) is 1. The quantitative estimate of drug-likeness (QED) is 0.510. The zero-order chi connectivity index (χ0) is 23.8. The van der Waals surface area contributed by atoms with Gasteiger partial charge in [0.2, 0.25) is 5.91 Å². The number of carboxylic acids is 1. The molecule has 1 aliphatic heterocycles. The van der Waals surface area contributed by atoms with Crippen LogP contribution in [0.2, 0.25) is 0 Å². The van der Waals surface area contributed by atoms with Crippen LogP contribution >= 0.6 is 0 Å². The van der Waals surface area contributed by atoms with Gasteiger partial charge in [-0.1, -0.05) is 56.3 Å². The fourth-order valence-electron chi connectivity index (χ4n) is 4.81. The summed E-state index contributed by atoms with van der Waals surface area (Å²) in [5.41, 5.74) is 2.29. The molecule has 0 spiro atoms. The fraction of sp³-hybridized carbons (Fsp3) is 0.481. The van der Waals surface area contributed by atoms with Gasteiger partial charge in [0.25, 0.3) is 0 Å². The van der Waals surface area contributed by atoms with E-state index in [1.807, 2.05) is 42.5 Å². The third-order valence-corrected chi connectivity index (χ3v) is 7.20. The molecule has 6 heteroatoms. The summed E-state index contributed by atoms with van der Waals surface area (Å²) in [5.74, 6) is -0.469. The van der Waals surface area contributed by atoms with Gasteiger partial charge in [-0.2, -0.15) is 0 Å². The van der Waals surface area contributed by atoms with Crippen molar-refractivity contribution >= 4 is 11.9 Å². The Labute approximate surface area is 196 Å². The van der Waals surface area contributed by atoms with Crippen molar-refractivity contribution in [2.75, 3.05) is 26.2 Å². The molecule has 1 saturated heterocycles. The topological polar surface area (TPSA) is 89.9 Å². The van der Waals surface area contributed by atoms with Crippen LogP contribution in [0.15, 0.2) is 54.6 Å². The number of carbonyl (C=O) groups is 2. The van der Waals surface area contributed by atoms with Gasteiger partial charge in [0.1, 0.15) is 5.75 Å². The molecule has 3 atom stereocenters. The first kappa shape index (κ1) is 24.8. The number of rotatable bonds is 10. The minimum Gasteiger partial charge on any atom is -0.508 e. The zero-order valence-electron chi connectivity index (χ0n) is 19.7. The van der Waals surface area contributed by atoms with Crippen molar-refractivity contribution in [3.05, 3.63) is 65.7 Å². The Kier molecular flexibility index (Phi) is 8.50. The highest BCUT2D eigenvalue weighted by atomic mass is 16.4. The summed E-state index contributed by atoms with van der Waals surface area (Å²) >= 11 is 0. The van der Waals surface area contributed by atoms with Gasteiger partial charge in [-0.15, -0.1) is 0 Å². The van der Waals surface area contributed by atoms with E-state index < -0.39 is 5.97 Å². The molecule has 33 heavy (non-hydrogen) atoms. The van der Waals surface area contributed by atoms with Crippen molar-refractivity contribution in [3.63, 3.8) is 0 Å². The lowest BCUT2D eigenvalue weighted by Gasteiger charge is -2.45. The molecular weight excluding hydrogens is 416 g/mol. The molecule has 1 heterocycles. The number of hydrogen-bond acceptors (Lipinski definition) is 4. The lowest BCUT2D eigenvalue weighted by atomic mass is 9.68. The van der Waals surface area contributed by atoms with Gasteiger partial charge in [-0.25, -0.2) is 0 Å². The van der Waals surface area contributed by atoms with Crippen LogP contribution in [0.5, 0.6) is 5.75 Å². The second kappa shape index (κ2) is 11.3. The van der Waals surface area contributed by atoms with Gasteiger partial charge in [-0.05, 0) is 66.9 Å². The van der Waals surface area contributed by atoms with E-state index >= 15 is 0 Å². The summed E-state index contributed by atoms with van der Waals surface area (Å²) in [6.45, 7) is 7.39. The van der Waals surface area contributed by atoms with E-state index in [1.54, 1.807) is 6.07 Å². The number of phenols is 1. The standard InChI is InChI=1S/C27H36N2O4/c1-20-19-29(16-13-27(20,2)23-9-6-10-24(30)18-23)15-12-22(17-21-7-4-3-5-8-21)26(33)28-14-11-25(31)32/h3-10,18,20,22,30H,11-17,19H2,1-2H3,(H,28,33)(H,31,32). The normalized spacial score (nSPS) is 21.9. The lowest BCUT2D eigenvalue weighted by Crippen LogP contribution is -2.48. The maximum absolute atomic E-state index is 12.8. The Hall–Kier alpha value is -2.86. The zero-order valence-corrected chi connectivity index (χ0v) is 19.7. The van der Waals surface area contributed by atoms with Crippen molar-refractivity contribution in [2.45, 2.75) is 44.9 Å². The van der Waals surface area contributed by atoms with Crippen molar-refractivity contribution < 1.29 is 19.8 Å². The maximum atomic E-state index is 12.8. The number of aromatic hydroxyl groups is 1. The van der Waals surface area contributed by atoms with Crippen LogP contribution in [0.4, 0.5) is 0 Å². The Morgan fingerprint density at radius 2 is 1.94 bits per heavy atom. The Balaban J connectivity index is 1.60. The van der Waals surface area contributed by atoms with Crippen LogP contribution in [-0.2, 0) is 21.4 Å². The summed E-state index contributed by atoms with van der Waals surface area (Å²) in [4.78, 5) is 26.1. The molecule has 3 unspecified atom stereocenters. The van der Waals surface area contributed by atoms with Crippen LogP contribution in [0, 0.1) is 11.8 Å². The van der Waals surface area contributed by atoms with Crippen LogP contribution in [0.1, 0.15) is 44.2 Å². The van der Waals surface area contributed by atoms with Crippen molar-refractivity contribution in [1.29, 1.82) is 0 Å². The van der Waals surface area contributed by atoms with Crippen LogP contribution in [-0.4, -0.2) is 53.2 Å².